The van der Waals surface area contributed by atoms with Gasteiger partial charge in [0, 0.05) is 4.47 Å². The number of hydrogen-bond donors (Lipinski definition) is 0. The van der Waals surface area contributed by atoms with E-state index in [4.69, 9.17) is 4.74 Å². The fraction of sp³-hybridized carbons (Fsp3) is 0.400. The summed E-state index contributed by atoms with van der Waals surface area (Å²) in [5, 5.41) is 0. The first-order valence-corrected chi connectivity index (χ1v) is 5.61. The van der Waals surface area contributed by atoms with Crippen molar-refractivity contribution in [2.24, 2.45) is 0 Å². The topological polar surface area (TPSA) is 9.23 Å². The lowest BCUT2D eigenvalue weighted by molar-refractivity contribution is 0.130. The second-order valence-corrected chi connectivity index (χ2v) is 5.56. The van der Waals surface area contributed by atoms with Gasteiger partial charge in [0.25, 0.3) is 0 Å². The van der Waals surface area contributed by atoms with Crippen molar-refractivity contribution in [2.45, 2.75) is 26.4 Å². The Balaban J connectivity index is 2.90. The van der Waals surface area contributed by atoms with Crippen LogP contribution in [-0.2, 0) is 0 Å². The lowest BCUT2D eigenvalue weighted by Gasteiger charge is -2.22. The number of hydrogen-bond acceptors (Lipinski definition) is 1. The molecule has 0 heterocycles. The van der Waals surface area contributed by atoms with Gasteiger partial charge in [-0.3, -0.25) is 0 Å². The summed E-state index contributed by atoms with van der Waals surface area (Å²) < 4.78 is 7.73. The first-order valence-electron chi connectivity index (χ1n) is 4.02. The van der Waals surface area contributed by atoms with E-state index in [1.54, 1.807) is 0 Å². The average molecular weight is 308 g/mol. The van der Waals surface area contributed by atoms with Gasteiger partial charge in [-0.25, -0.2) is 0 Å². The SMILES string of the molecule is CC(C)(C)Oc1ccc(Br)cc1Br. The van der Waals surface area contributed by atoms with Crippen LogP contribution in [0.3, 0.4) is 0 Å². The van der Waals surface area contributed by atoms with E-state index in [-0.39, 0.29) is 5.60 Å². The molecule has 72 valence electrons. The number of benzene rings is 1. The van der Waals surface area contributed by atoms with Gasteiger partial charge in [0.1, 0.15) is 11.4 Å². The molecule has 0 unspecified atom stereocenters. The van der Waals surface area contributed by atoms with Crippen molar-refractivity contribution in [3.8, 4) is 5.75 Å². The van der Waals surface area contributed by atoms with E-state index in [0.717, 1.165) is 14.7 Å². The zero-order valence-corrected chi connectivity index (χ0v) is 11.1. The van der Waals surface area contributed by atoms with Gasteiger partial charge in [-0.15, -0.1) is 0 Å². The molecule has 0 aliphatic rings. The second-order valence-electron chi connectivity index (χ2n) is 3.79. The zero-order chi connectivity index (χ0) is 10.1. The molecule has 0 bridgehead atoms. The molecular weight excluding hydrogens is 296 g/mol. The summed E-state index contributed by atoms with van der Waals surface area (Å²) in [5.41, 5.74) is -0.156. The third-order valence-corrected chi connectivity index (χ3v) is 2.42. The third-order valence-electron chi connectivity index (χ3n) is 1.31. The quantitative estimate of drug-likeness (QED) is 0.748. The highest BCUT2D eigenvalue weighted by Gasteiger charge is 2.13. The van der Waals surface area contributed by atoms with E-state index >= 15 is 0 Å². The predicted octanol–water partition coefficient (Wildman–Crippen LogP) is 4.39. The molecule has 0 radical (unpaired) electrons. The first kappa shape index (κ1) is 11.1. The van der Waals surface area contributed by atoms with E-state index in [1.165, 1.54) is 0 Å². The van der Waals surface area contributed by atoms with Crippen LogP contribution in [0.4, 0.5) is 0 Å². The molecule has 3 heteroatoms. The van der Waals surface area contributed by atoms with Gasteiger partial charge in [-0.2, -0.15) is 0 Å². The highest BCUT2D eigenvalue weighted by atomic mass is 79.9. The first-order chi connectivity index (χ1) is 5.88. The molecule has 0 saturated heterocycles. The molecule has 1 rings (SSSR count). The lowest BCUT2D eigenvalue weighted by Crippen LogP contribution is -2.23. The van der Waals surface area contributed by atoms with Crippen molar-refractivity contribution in [3.63, 3.8) is 0 Å². The molecule has 0 atom stereocenters. The molecule has 0 spiro atoms. The molecule has 0 aliphatic carbocycles. The highest BCUT2D eigenvalue weighted by Crippen LogP contribution is 2.30. The largest absolute Gasteiger partial charge is 0.487 e. The van der Waals surface area contributed by atoms with Crippen LogP contribution in [0, 0.1) is 0 Å². The van der Waals surface area contributed by atoms with E-state index in [2.05, 4.69) is 31.9 Å². The Kier molecular flexibility index (Phi) is 3.41. The molecule has 0 N–H and O–H groups in total. The van der Waals surface area contributed by atoms with Crippen LogP contribution in [0.1, 0.15) is 20.8 Å². The number of halogens is 2. The summed E-state index contributed by atoms with van der Waals surface area (Å²) in [6.45, 7) is 6.09. The maximum Gasteiger partial charge on any atom is 0.134 e. The Hall–Kier alpha value is -0.0200. The van der Waals surface area contributed by atoms with Gasteiger partial charge in [0.15, 0.2) is 0 Å². The average Bonchev–Trinajstić information content (AvgIpc) is 1.93. The standard InChI is InChI=1S/C10H12Br2O/c1-10(2,3)13-9-5-4-7(11)6-8(9)12/h4-6H,1-3H3. The molecule has 1 aromatic rings. The molecule has 1 nitrogen and oxygen atoms in total. The van der Waals surface area contributed by atoms with Gasteiger partial charge >= 0.3 is 0 Å². The Bertz CT molecular complexity index is 302. The maximum absolute atomic E-state index is 5.72. The summed E-state index contributed by atoms with van der Waals surface area (Å²) in [6.07, 6.45) is 0. The van der Waals surface area contributed by atoms with Crippen molar-refractivity contribution >= 4 is 31.9 Å². The number of rotatable bonds is 1. The summed E-state index contributed by atoms with van der Waals surface area (Å²) in [5.74, 6) is 0.871. The lowest BCUT2D eigenvalue weighted by atomic mass is 10.2. The molecule has 0 saturated carbocycles. The second kappa shape index (κ2) is 4.01. The van der Waals surface area contributed by atoms with Crippen LogP contribution in [0.15, 0.2) is 27.1 Å². The monoisotopic (exact) mass is 306 g/mol. The smallest absolute Gasteiger partial charge is 0.134 e. The van der Waals surface area contributed by atoms with Crippen molar-refractivity contribution in [2.75, 3.05) is 0 Å². The fourth-order valence-corrected chi connectivity index (χ4v) is 2.02. The molecule has 0 aliphatic heterocycles. The summed E-state index contributed by atoms with van der Waals surface area (Å²) in [6, 6.07) is 5.88. The summed E-state index contributed by atoms with van der Waals surface area (Å²) in [4.78, 5) is 0. The van der Waals surface area contributed by atoms with Crippen molar-refractivity contribution in [1.29, 1.82) is 0 Å². The molecule has 0 amide bonds. The van der Waals surface area contributed by atoms with Gasteiger partial charge < -0.3 is 4.74 Å². The third kappa shape index (κ3) is 3.69. The Morgan fingerprint density at radius 3 is 2.23 bits per heavy atom. The van der Waals surface area contributed by atoms with Gasteiger partial charge in [0.2, 0.25) is 0 Å². The molecule has 13 heavy (non-hydrogen) atoms. The number of ether oxygens (including phenoxy) is 1. The molecule has 1 aromatic carbocycles. The van der Waals surface area contributed by atoms with E-state index in [1.807, 2.05) is 39.0 Å². The minimum absolute atomic E-state index is 0.156. The van der Waals surface area contributed by atoms with Crippen LogP contribution in [0.25, 0.3) is 0 Å². The predicted molar refractivity (Wildman–Crippen MR) is 62.2 cm³/mol. The highest BCUT2D eigenvalue weighted by molar-refractivity contribution is 9.11. The van der Waals surface area contributed by atoms with Crippen LogP contribution in [-0.4, -0.2) is 5.60 Å². The van der Waals surface area contributed by atoms with Crippen molar-refractivity contribution < 1.29 is 4.74 Å². The Morgan fingerprint density at radius 1 is 1.15 bits per heavy atom. The normalized spacial score (nSPS) is 11.5. The van der Waals surface area contributed by atoms with Crippen LogP contribution in [0.5, 0.6) is 5.75 Å². The van der Waals surface area contributed by atoms with Crippen LogP contribution in [0.2, 0.25) is 0 Å². The maximum atomic E-state index is 5.72. The zero-order valence-electron chi connectivity index (χ0n) is 7.90. The van der Waals surface area contributed by atoms with Crippen LogP contribution >= 0.6 is 31.9 Å². The van der Waals surface area contributed by atoms with Crippen molar-refractivity contribution in [1.82, 2.24) is 0 Å². The van der Waals surface area contributed by atoms with Gasteiger partial charge in [-0.05, 0) is 54.9 Å². The fourth-order valence-electron chi connectivity index (χ4n) is 0.888. The minimum Gasteiger partial charge on any atom is -0.487 e. The Morgan fingerprint density at radius 2 is 1.77 bits per heavy atom. The molecular formula is C10H12Br2O. The van der Waals surface area contributed by atoms with Gasteiger partial charge in [0.05, 0.1) is 4.47 Å². The van der Waals surface area contributed by atoms with Crippen LogP contribution < -0.4 is 4.74 Å². The van der Waals surface area contributed by atoms with Crippen molar-refractivity contribution in [3.05, 3.63) is 27.1 Å². The Labute approximate surface area is 95.7 Å². The van der Waals surface area contributed by atoms with E-state index < -0.39 is 0 Å². The minimum atomic E-state index is -0.156. The van der Waals surface area contributed by atoms with E-state index in [9.17, 15) is 0 Å². The molecule has 0 fully saturated rings. The summed E-state index contributed by atoms with van der Waals surface area (Å²) in [7, 11) is 0. The summed E-state index contributed by atoms with van der Waals surface area (Å²) >= 11 is 6.84. The molecule has 0 aromatic heterocycles. The van der Waals surface area contributed by atoms with E-state index in [0.29, 0.717) is 0 Å². The van der Waals surface area contributed by atoms with Gasteiger partial charge in [-0.1, -0.05) is 15.9 Å².